The number of urea groups is 1. The van der Waals surface area contributed by atoms with Gasteiger partial charge in [0.1, 0.15) is 29.7 Å². The largest absolute Gasteiger partial charge is 0.497 e. The first-order valence-corrected chi connectivity index (χ1v) is 8.92. The molecule has 0 radical (unpaired) electrons. The number of anilines is 1. The summed E-state index contributed by atoms with van der Waals surface area (Å²) in [5, 5.41) is 2.54. The molecule has 2 aromatic rings. The minimum atomic E-state index is -0.737. The van der Waals surface area contributed by atoms with Crippen LogP contribution in [0.5, 0.6) is 11.5 Å². The zero-order valence-corrected chi connectivity index (χ0v) is 16.1. The molecule has 1 aliphatic heterocycles. The third-order valence-corrected chi connectivity index (χ3v) is 4.60. The summed E-state index contributed by atoms with van der Waals surface area (Å²) in [6, 6.07) is 7.91. The summed E-state index contributed by atoms with van der Waals surface area (Å²) in [6.45, 7) is 0.449. The molecular weight excluding hydrogens is 384 g/mol. The number of nitrogens with one attached hydrogen (secondary N) is 1. The molecule has 29 heavy (non-hydrogen) atoms. The van der Waals surface area contributed by atoms with E-state index in [1.54, 1.807) is 18.2 Å². The number of rotatable bonds is 7. The number of benzene rings is 2. The number of hydrogen-bond donors (Lipinski definition) is 1. The standard InChI is InChI=1S/C20H21F2N3O4/c1-28-15-5-6-18(29-2)17(10-15)25-8-7-24(20(25)27)12-19(26)23-11-13-3-4-14(21)9-16(13)22/h3-6,9-10H,7-8,11-12H2,1-2H3,(H,23,26). The lowest BCUT2D eigenvalue weighted by Gasteiger charge is -2.21. The van der Waals surface area contributed by atoms with Crippen molar-refractivity contribution in [3.63, 3.8) is 0 Å². The molecule has 3 amide bonds. The molecule has 0 aromatic heterocycles. The van der Waals surface area contributed by atoms with E-state index in [9.17, 15) is 18.4 Å². The van der Waals surface area contributed by atoms with E-state index < -0.39 is 17.5 Å². The molecule has 9 heteroatoms. The average molecular weight is 405 g/mol. The molecule has 154 valence electrons. The lowest BCUT2D eigenvalue weighted by atomic mass is 10.2. The number of halogens is 2. The molecule has 0 atom stereocenters. The van der Waals surface area contributed by atoms with Crippen LogP contribution in [0.15, 0.2) is 36.4 Å². The second-order valence-electron chi connectivity index (χ2n) is 6.41. The van der Waals surface area contributed by atoms with Crippen LogP contribution < -0.4 is 19.7 Å². The normalized spacial score (nSPS) is 13.6. The maximum atomic E-state index is 13.7. The van der Waals surface area contributed by atoms with Crippen LogP contribution >= 0.6 is 0 Å². The van der Waals surface area contributed by atoms with E-state index in [1.165, 1.54) is 30.1 Å². The van der Waals surface area contributed by atoms with Gasteiger partial charge >= 0.3 is 6.03 Å². The Kier molecular flexibility index (Phi) is 6.16. The van der Waals surface area contributed by atoms with Crippen molar-refractivity contribution in [3.8, 4) is 11.5 Å². The molecule has 1 fully saturated rings. The highest BCUT2D eigenvalue weighted by Crippen LogP contribution is 2.34. The Balaban J connectivity index is 1.62. The van der Waals surface area contributed by atoms with Crippen LogP contribution in [-0.4, -0.2) is 50.7 Å². The van der Waals surface area contributed by atoms with Crippen LogP contribution in [0.4, 0.5) is 19.3 Å². The molecule has 1 aliphatic rings. The fourth-order valence-electron chi connectivity index (χ4n) is 3.05. The summed E-state index contributed by atoms with van der Waals surface area (Å²) in [5.41, 5.74) is 0.711. The van der Waals surface area contributed by atoms with Crippen LogP contribution in [-0.2, 0) is 11.3 Å². The molecule has 1 heterocycles. The zero-order valence-electron chi connectivity index (χ0n) is 16.1. The molecule has 3 rings (SSSR count). The molecule has 0 bridgehead atoms. The molecule has 2 aromatic carbocycles. The summed E-state index contributed by atoms with van der Waals surface area (Å²) >= 11 is 0. The first-order chi connectivity index (χ1) is 13.9. The van der Waals surface area contributed by atoms with Crippen molar-refractivity contribution in [1.29, 1.82) is 0 Å². The Hall–Kier alpha value is -3.36. The molecule has 0 spiro atoms. The lowest BCUT2D eigenvalue weighted by molar-refractivity contribution is -0.121. The van der Waals surface area contributed by atoms with Gasteiger partial charge in [0.2, 0.25) is 5.91 Å². The lowest BCUT2D eigenvalue weighted by Crippen LogP contribution is -2.39. The fraction of sp³-hybridized carbons (Fsp3) is 0.300. The van der Waals surface area contributed by atoms with E-state index in [4.69, 9.17) is 9.47 Å². The predicted octanol–water partition coefficient (Wildman–Crippen LogP) is 2.54. The quantitative estimate of drug-likeness (QED) is 0.769. The van der Waals surface area contributed by atoms with Crippen LogP contribution in [0.1, 0.15) is 5.56 Å². The van der Waals surface area contributed by atoms with Gasteiger partial charge in [-0.3, -0.25) is 9.69 Å². The molecule has 7 nitrogen and oxygen atoms in total. The number of hydrogen-bond acceptors (Lipinski definition) is 4. The van der Waals surface area contributed by atoms with Crippen LogP contribution in [0.25, 0.3) is 0 Å². The number of nitrogens with zero attached hydrogens (tertiary/aromatic N) is 2. The van der Waals surface area contributed by atoms with Crippen molar-refractivity contribution < 1.29 is 27.8 Å². The average Bonchev–Trinajstić information content (AvgIpc) is 3.06. The van der Waals surface area contributed by atoms with Gasteiger partial charge in [0, 0.05) is 37.3 Å². The van der Waals surface area contributed by atoms with Gasteiger partial charge in [-0.1, -0.05) is 6.07 Å². The maximum absolute atomic E-state index is 13.7. The Morgan fingerprint density at radius 2 is 1.90 bits per heavy atom. The minimum Gasteiger partial charge on any atom is -0.497 e. The first-order valence-electron chi connectivity index (χ1n) is 8.92. The summed E-state index contributed by atoms with van der Waals surface area (Å²) in [6.07, 6.45) is 0. The predicted molar refractivity (Wildman–Crippen MR) is 102 cm³/mol. The molecule has 0 saturated carbocycles. The minimum absolute atomic E-state index is 0.0968. The van der Waals surface area contributed by atoms with Crippen LogP contribution in [0.3, 0.4) is 0 Å². The Morgan fingerprint density at radius 3 is 2.59 bits per heavy atom. The van der Waals surface area contributed by atoms with E-state index in [-0.39, 0.29) is 24.7 Å². The highest BCUT2D eigenvalue weighted by atomic mass is 19.1. The second kappa shape index (κ2) is 8.76. The summed E-state index contributed by atoms with van der Waals surface area (Å²) in [7, 11) is 3.03. The smallest absolute Gasteiger partial charge is 0.325 e. The number of carbonyl (C=O) groups is 2. The summed E-state index contributed by atoms with van der Waals surface area (Å²) in [5.74, 6) is -0.781. The van der Waals surface area contributed by atoms with Gasteiger partial charge in [0.15, 0.2) is 0 Å². The topological polar surface area (TPSA) is 71.1 Å². The number of ether oxygens (including phenoxy) is 2. The van der Waals surface area contributed by atoms with E-state index in [0.717, 1.165) is 12.1 Å². The zero-order chi connectivity index (χ0) is 21.0. The maximum Gasteiger partial charge on any atom is 0.325 e. The molecule has 0 aliphatic carbocycles. The number of carbonyl (C=O) groups excluding carboxylic acids is 2. The van der Waals surface area contributed by atoms with Gasteiger partial charge < -0.3 is 19.7 Å². The van der Waals surface area contributed by atoms with Gasteiger partial charge in [-0.05, 0) is 18.2 Å². The van der Waals surface area contributed by atoms with Crippen LogP contribution in [0, 0.1) is 11.6 Å². The van der Waals surface area contributed by atoms with Crippen molar-refractivity contribution in [1.82, 2.24) is 10.2 Å². The van der Waals surface area contributed by atoms with Gasteiger partial charge in [0.25, 0.3) is 0 Å². The van der Waals surface area contributed by atoms with Crippen molar-refractivity contribution in [2.45, 2.75) is 6.54 Å². The first kappa shape index (κ1) is 20.4. The van der Waals surface area contributed by atoms with E-state index in [1.807, 2.05) is 0 Å². The Bertz CT molecular complexity index is 923. The molecular formula is C20H21F2N3O4. The third-order valence-electron chi connectivity index (χ3n) is 4.60. The fourth-order valence-corrected chi connectivity index (χ4v) is 3.05. The highest BCUT2D eigenvalue weighted by Gasteiger charge is 2.32. The Labute approximate surface area is 166 Å². The third kappa shape index (κ3) is 4.56. The summed E-state index contributed by atoms with van der Waals surface area (Å²) < 4.78 is 37.1. The van der Waals surface area contributed by atoms with Crippen molar-refractivity contribution in [3.05, 3.63) is 53.6 Å². The number of amides is 3. The van der Waals surface area contributed by atoms with E-state index >= 15 is 0 Å². The molecule has 0 unspecified atom stereocenters. The monoisotopic (exact) mass is 405 g/mol. The highest BCUT2D eigenvalue weighted by molar-refractivity contribution is 5.97. The van der Waals surface area contributed by atoms with Crippen molar-refractivity contribution >= 4 is 17.6 Å². The van der Waals surface area contributed by atoms with E-state index in [0.29, 0.717) is 30.3 Å². The van der Waals surface area contributed by atoms with Gasteiger partial charge in [-0.2, -0.15) is 0 Å². The summed E-state index contributed by atoms with van der Waals surface area (Å²) in [4.78, 5) is 27.8. The van der Waals surface area contributed by atoms with Gasteiger partial charge in [-0.25, -0.2) is 13.6 Å². The van der Waals surface area contributed by atoms with Crippen molar-refractivity contribution in [2.24, 2.45) is 0 Å². The number of methoxy groups -OCH3 is 2. The second-order valence-corrected chi connectivity index (χ2v) is 6.41. The SMILES string of the molecule is COc1ccc(OC)c(N2CCN(CC(=O)NCc3ccc(F)cc3F)C2=O)c1. The molecule has 1 N–H and O–H groups in total. The van der Waals surface area contributed by atoms with Gasteiger partial charge in [0.05, 0.1) is 19.9 Å². The van der Waals surface area contributed by atoms with E-state index in [2.05, 4.69) is 5.32 Å². The Morgan fingerprint density at radius 1 is 1.10 bits per heavy atom. The van der Waals surface area contributed by atoms with Crippen molar-refractivity contribution in [2.75, 3.05) is 38.8 Å². The molecule has 1 saturated heterocycles. The van der Waals surface area contributed by atoms with Gasteiger partial charge in [-0.15, -0.1) is 0 Å². The van der Waals surface area contributed by atoms with Crippen LogP contribution in [0.2, 0.25) is 0 Å².